The number of hydrogen-bond donors (Lipinski definition) is 2. The van der Waals surface area contributed by atoms with Crippen LogP contribution in [0.3, 0.4) is 0 Å². The van der Waals surface area contributed by atoms with Crippen molar-refractivity contribution >= 4 is 11.9 Å². The van der Waals surface area contributed by atoms with E-state index in [9.17, 15) is 14.7 Å². The van der Waals surface area contributed by atoms with Crippen LogP contribution >= 0.6 is 0 Å². The molecule has 0 saturated carbocycles. The van der Waals surface area contributed by atoms with Gasteiger partial charge in [0.15, 0.2) is 0 Å². The zero-order valence-electron chi connectivity index (χ0n) is 12.4. The predicted octanol–water partition coefficient (Wildman–Crippen LogP) is 2.42. The van der Waals surface area contributed by atoms with Crippen molar-refractivity contribution in [2.24, 2.45) is 0 Å². The number of nitrogens with one attached hydrogen (secondary N) is 1. The van der Waals surface area contributed by atoms with Gasteiger partial charge in [-0.05, 0) is 42.3 Å². The number of hydrogen-bond acceptors (Lipinski definition) is 4. The van der Waals surface area contributed by atoms with Crippen molar-refractivity contribution in [1.29, 1.82) is 0 Å². The molecule has 0 atom stereocenters. The van der Waals surface area contributed by atoms with Gasteiger partial charge < -0.3 is 15.2 Å². The second kappa shape index (κ2) is 6.76. The molecule has 0 aromatic heterocycles. The van der Waals surface area contributed by atoms with Crippen LogP contribution in [0.1, 0.15) is 31.8 Å². The molecule has 0 radical (unpaired) electrons. The third kappa shape index (κ3) is 3.63. The Morgan fingerprint density at radius 3 is 2.41 bits per heavy atom. The van der Waals surface area contributed by atoms with Crippen LogP contribution in [0.5, 0.6) is 5.75 Å². The fourth-order valence-corrected chi connectivity index (χ4v) is 1.99. The van der Waals surface area contributed by atoms with Crippen LogP contribution in [-0.2, 0) is 11.3 Å². The van der Waals surface area contributed by atoms with Crippen LogP contribution in [0.4, 0.5) is 0 Å². The lowest BCUT2D eigenvalue weighted by atomic mass is 10.1. The van der Waals surface area contributed by atoms with Crippen molar-refractivity contribution < 1.29 is 19.4 Å². The Labute approximate surface area is 128 Å². The molecule has 2 aromatic rings. The number of esters is 1. The molecule has 1 amide bonds. The molecule has 0 saturated heterocycles. The highest BCUT2D eigenvalue weighted by Gasteiger charge is 2.11. The molecule has 0 aliphatic heterocycles. The van der Waals surface area contributed by atoms with Crippen molar-refractivity contribution in [2.45, 2.75) is 13.5 Å². The second-order valence-electron chi connectivity index (χ2n) is 4.89. The van der Waals surface area contributed by atoms with Gasteiger partial charge in [0.2, 0.25) is 0 Å². The number of aryl methyl sites for hydroxylation is 1. The zero-order valence-corrected chi connectivity index (χ0v) is 12.4. The lowest BCUT2D eigenvalue weighted by Gasteiger charge is -2.08. The SMILES string of the molecule is COC(=O)c1ccc(CNC(=O)c2ccc(C)cc2O)cc1. The van der Waals surface area contributed by atoms with E-state index < -0.39 is 5.97 Å². The van der Waals surface area contributed by atoms with Gasteiger partial charge in [-0.25, -0.2) is 4.79 Å². The van der Waals surface area contributed by atoms with E-state index in [1.165, 1.54) is 7.11 Å². The van der Waals surface area contributed by atoms with Crippen molar-refractivity contribution in [2.75, 3.05) is 7.11 Å². The van der Waals surface area contributed by atoms with E-state index in [0.717, 1.165) is 11.1 Å². The topological polar surface area (TPSA) is 75.6 Å². The summed E-state index contributed by atoms with van der Waals surface area (Å²) in [7, 11) is 1.32. The van der Waals surface area contributed by atoms with E-state index in [0.29, 0.717) is 12.1 Å². The summed E-state index contributed by atoms with van der Waals surface area (Å²) in [6.07, 6.45) is 0. The molecule has 5 heteroatoms. The molecule has 2 rings (SSSR count). The van der Waals surface area contributed by atoms with Gasteiger partial charge in [-0.3, -0.25) is 4.79 Å². The monoisotopic (exact) mass is 299 g/mol. The summed E-state index contributed by atoms with van der Waals surface area (Å²) < 4.78 is 4.62. The first-order valence-corrected chi connectivity index (χ1v) is 6.76. The zero-order chi connectivity index (χ0) is 16.1. The van der Waals surface area contributed by atoms with Gasteiger partial charge in [0.25, 0.3) is 5.91 Å². The first-order chi connectivity index (χ1) is 10.5. The van der Waals surface area contributed by atoms with E-state index >= 15 is 0 Å². The van der Waals surface area contributed by atoms with E-state index in [2.05, 4.69) is 10.1 Å². The Hall–Kier alpha value is -2.82. The van der Waals surface area contributed by atoms with Crippen molar-refractivity contribution in [3.8, 4) is 5.75 Å². The molecule has 114 valence electrons. The minimum absolute atomic E-state index is 0.0430. The third-order valence-electron chi connectivity index (χ3n) is 3.23. The molecule has 22 heavy (non-hydrogen) atoms. The minimum Gasteiger partial charge on any atom is -0.507 e. The summed E-state index contributed by atoms with van der Waals surface area (Å²) in [4.78, 5) is 23.3. The van der Waals surface area contributed by atoms with Crippen LogP contribution < -0.4 is 5.32 Å². The van der Waals surface area contributed by atoms with Gasteiger partial charge in [-0.1, -0.05) is 18.2 Å². The Kier molecular flexibility index (Phi) is 4.78. The van der Waals surface area contributed by atoms with Gasteiger partial charge in [-0.15, -0.1) is 0 Å². The summed E-state index contributed by atoms with van der Waals surface area (Å²) in [5.41, 5.74) is 2.41. The summed E-state index contributed by atoms with van der Waals surface area (Å²) >= 11 is 0. The molecule has 0 aliphatic rings. The molecule has 2 N–H and O–H groups in total. The highest BCUT2D eigenvalue weighted by molar-refractivity contribution is 5.96. The summed E-state index contributed by atoms with van der Waals surface area (Å²) in [5, 5.41) is 12.5. The quantitative estimate of drug-likeness (QED) is 0.850. The molecule has 5 nitrogen and oxygen atoms in total. The number of benzene rings is 2. The van der Waals surface area contributed by atoms with Crippen LogP contribution in [-0.4, -0.2) is 24.1 Å². The average Bonchev–Trinajstić information content (AvgIpc) is 2.52. The highest BCUT2D eigenvalue weighted by Crippen LogP contribution is 2.18. The number of methoxy groups -OCH3 is 1. The van der Waals surface area contributed by atoms with Gasteiger partial charge in [0.1, 0.15) is 5.75 Å². The largest absolute Gasteiger partial charge is 0.507 e. The number of amides is 1. The molecule has 0 spiro atoms. The molecule has 0 unspecified atom stereocenters. The number of phenols is 1. The highest BCUT2D eigenvalue weighted by atomic mass is 16.5. The van der Waals surface area contributed by atoms with Crippen LogP contribution in [0.25, 0.3) is 0 Å². The number of ether oxygens (including phenoxy) is 1. The van der Waals surface area contributed by atoms with Crippen LogP contribution in [0, 0.1) is 6.92 Å². The first kappa shape index (κ1) is 15.6. The Bertz CT molecular complexity index is 692. The van der Waals surface area contributed by atoms with E-state index in [4.69, 9.17) is 0 Å². The average molecular weight is 299 g/mol. The lowest BCUT2D eigenvalue weighted by molar-refractivity contribution is 0.0600. The van der Waals surface area contributed by atoms with Crippen LogP contribution in [0.15, 0.2) is 42.5 Å². The first-order valence-electron chi connectivity index (χ1n) is 6.76. The van der Waals surface area contributed by atoms with E-state index in [1.54, 1.807) is 42.5 Å². The number of aromatic hydroxyl groups is 1. The standard InChI is InChI=1S/C17H17NO4/c1-11-3-8-14(15(19)9-11)16(20)18-10-12-4-6-13(7-5-12)17(21)22-2/h3-9,19H,10H2,1-2H3,(H,18,20). The number of rotatable bonds is 4. The summed E-state index contributed by atoms with van der Waals surface area (Å²) in [6.45, 7) is 2.14. The maximum absolute atomic E-state index is 12.0. The van der Waals surface area contributed by atoms with E-state index in [1.807, 2.05) is 6.92 Å². The van der Waals surface area contributed by atoms with Crippen molar-refractivity contribution in [1.82, 2.24) is 5.32 Å². The van der Waals surface area contributed by atoms with E-state index in [-0.39, 0.29) is 17.2 Å². The van der Waals surface area contributed by atoms with Crippen molar-refractivity contribution in [3.63, 3.8) is 0 Å². The van der Waals surface area contributed by atoms with Crippen molar-refractivity contribution in [3.05, 3.63) is 64.7 Å². The molecule has 0 fully saturated rings. The number of carbonyl (C=O) groups excluding carboxylic acids is 2. The maximum Gasteiger partial charge on any atom is 0.337 e. The molecule has 0 bridgehead atoms. The molecular formula is C17H17NO4. The maximum atomic E-state index is 12.0. The number of phenolic OH excluding ortho intramolecular Hbond substituents is 1. The van der Waals surface area contributed by atoms with Gasteiger partial charge in [0.05, 0.1) is 18.2 Å². The van der Waals surface area contributed by atoms with Gasteiger partial charge >= 0.3 is 5.97 Å². The van der Waals surface area contributed by atoms with Gasteiger partial charge in [0, 0.05) is 6.54 Å². The fourth-order valence-electron chi connectivity index (χ4n) is 1.99. The minimum atomic E-state index is -0.403. The molecule has 2 aromatic carbocycles. The fraction of sp³-hybridized carbons (Fsp3) is 0.176. The molecule has 0 heterocycles. The molecule has 0 aliphatic carbocycles. The third-order valence-corrected chi connectivity index (χ3v) is 3.23. The Morgan fingerprint density at radius 2 is 1.82 bits per heavy atom. The second-order valence-corrected chi connectivity index (χ2v) is 4.89. The summed E-state index contributed by atoms with van der Waals surface area (Å²) in [6, 6.07) is 11.6. The Balaban J connectivity index is 2.00. The lowest BCUT2D eigenvalue weighted by Crippen LogP contribution is -2.22. The molecular weight excluding hydrogens is 282 g/mol. The van der Waals surface area contributed by atoms with Crippen LogP contribution in [0.2, 0.25) is 0 Å². The predicted molar refractivity (Wildman–Crippen MR) is 81.8 cm³/mol. The Morgan fingerprint density at radius 1 is 1.14 bits per heavy atom. The van der Waals surface area contributed by atoms with Gasteiger partial charge in [-0.2, -0.15) is 0 Å². The number of carbonyl (C=O) groups is 2. The normalized spacial score (nSPS) is 10.1. The summed E-state index contributed by atoms with van der Waals surface area (Å²) in [5.74, 6) is -0.798. The smallest absolute Gasteiger partial charge is 0.337 e.